The van der Waals surface area contributed by atoms with Gasteiger partial charge in [-0.1, -0.05) is 44.2 Å². The number of aliphatic carboxylic acids is 2. The Labute approximate surface area is 152 Å². The van der Waals surface area contributed by atoms with Gasteiger partial charge in [-0.15, -0.1) is 0 Å². The van der Waals surface area contributed by atoms with E-state index in [-0.39, 0.29) is 12.3 Å². The van der Waals surface area contributed by atoms with E-state index in [1.807, 2.05) is 50.2 Å². The van der Waals surface area contributed by atoms with Gasteiger partial charge in [0.1, 0.15) is 12.1 Å². The second-order valence-electron chi connectivity index (χ2n) is 6.72. The molecule has 0 aliphatic rings. The normalized spacial score (nSPS) is 13.3. The molecule has 0 fully saturated rings. The SMILES string of the molecule is CC(C)CC(NC(Cc1ccc(-c2cccnc2)cc1)C(=O)O)C(=O)O. The molecule has 0 saturated carbocycles. The number of benzene rings is 1. The van der Waals surface area contributed by atoms with Crippen LogP contribution in [0.4, 0.5) is 0 Å². The third kappa shape index (κ3) is 5.67. The van der Waals surface area contributed by atoms with E-state index in [1.165, 1.54) is 0 Å². The molecule has 2 atom stereocenters. The number of nitrogens with one attached hydrogen (secondary N) is 1. The second-order valence-corrected chi connectivity index (χ2v) is 6.72. The van der Waals surface area contributed by atoms with Crippen molar-refractivity contribution in [3.05, 3.63) is 54.4 Å². The van der Waals surface area contributed by atoms with Crippen molar-refractivity contribution in [3.8, 4) is 11.1 Å². The minimum atomic E-state index is -1.06. The molecule has 2 rings (SSSR count). The molecule has 2 unspecified atom stereocenters. The first kappa shape index (κ1) is 19.6. The average molecular weight is 356 g/mol. The maximum absolute atomic E-state index is 11.6. The Morgan fingerprint density at radius 1 is 1.00 bits per heavy atom. The van der Waals surface area contributed by atoms with E-state index in [1.54, 1.807) is 12.4 Å². The lowest BCUT2D eigenvalue weighted by atomic mass is 9.99. The van der Waals surface area contributed by atoms with Crippen LogP contribution in [0.15, 0.2) is 48.8 Å². The van der Waals surface area contributed by atoms with Crippen LogP contribution >= 0.6 is 0 Å². The lowest BCUT2D eigenvalue weighted by Gasteiger charge is -2.21. The van der Waals surface area contributed by atoms with Gasteiger partial charge in [0.05, 0.1) is 0 Å². The Balaban J connectivity index is 2.09. The van der Waals surface area contributed by atoms with Crippen molar-refractivity contribution in [2.75, 3.05) is 0 Å². The number of hydrogen-bond donors (Lipinski definition) is 3. The number of nitrogens with zero attached hydrogens (tertiary/aromatic N) is 1. The highest BCUT2D eigenvalue weighted by Gasteiger charge is 2.26. The smallest absolute Gasteiger partial charge is 0.321 e. The number of hydrogen-bond acceptors (Lipinski definition) is 4. The molecule has 6 nitrogen and oxygen atoms in total. The number of pyridine rings is 1. The number of carbonyl (C=O) groups is 2. The van der Waals surface area contributed by atoms with Gasteiger partial charge in [0.2, 0.25) is 0 Å². The van der Waals surface area contributed by atoms with E-state index in [9.17, 15) is 19.8 Å². The third-order valence-corrected chi connectivity index (χ3v) is 4.09. The van der Waals surface area contributed by atoms with Crippen LogP contribution in [0.5, 0.6) is 0 Å². The summed E-state index contributed by atoms with van der Waals surface area (Å²) in [6.07, 6.45) is 4.06. The predicted molar refractivity (Wildman–Crippen MR) is 98.8 cm³/mol. The van der Waals surface area contributed by atoms with Crippen molar-refractivity contribution in [2.24, 2.45) is 5.92 Å². The molecule has 0 saturated heterocycles. The minimum Gasteiger partial charge on any atom is -0.480 e. The number of aromatic nitrogens is 1. The molecular weight excluding hydrogens is 332 g/mol. The summed E-state index contributed by atoms with van der Waals surface area (Å²) in [5.41, 5.74) is 2.80. The van der Waals surface area contributed by atoms with Gasteiger partial charge < -0.3 is 10.2 Å². The van der Waals surface area contributed by atoms with Gasteiger partial charge in [-0.05, 0) is 41.5 Å². The summed E-state index contributed by atoms with van der Waals surface area (Å²) >= 11 is 0. The standard InChI is InChI=1S/C20H24N2O4/c1-13(2)10-17(19(23)24)22-18(20(25)26)11-14-5-7-15(8-6-14)16-4-3-9-21-12-16/h3-9,12-13,17-18,22H,10-11H2,1-2H3,(H,23,24)(H,25,26). The zero-order valence-corrected chi connectivity index (χ0v) is 14.9. The van der Waals surface area contributed by atoms with Crippen LogP contribution in [0.2, 0.25) is 0 Å². The molecule has 0 amide bonds. The van der Waals surface area contributed by atoms with Crippen LogP contribution in [-0.4, -0.2) is 39.2 Å². The van der Waals surface area contributed by atoms with Gasteiger partial charge in [0.25, 0.3) is 0 Å². The summed E-state index contributed by atoms with van der Waals surface area (Å²) in [4.78, 5) is 27.0. The highest BCUT2D eigenvalue weighted by atomic mass is 16.4. The molecule has 1 aromatic carbocycles. The molecule has 1 aromatic heterocycles. The number of carboxylic acids is 2. The quantitative estimate of drug-likeness (QED) is 0.639. The van der Waals surface area contributed by atoms with Crippen LogP contribution in [0, 0.1) is 5.92 Å². The molecule has 138 valence electrons. The topological polar surface area (TPSA) is 99.5 Å². The molecule has 0 radical (unpaired) electrons. The summed E-state index contributed by atoms with van der Waals surface area (Å²) in [5.74, 6) is -1.94. The third-order valence-electron chi connectivity index (χ3n) is 4.09. The van der Waals surface area contributed by atoms with Crippen LogP contribution < -0.4 is 5.32 Å². The fraction of sp³-hybridized carbons (Fsp3) is 0.350. The first-order valence-electron chi connectivity index (χ1n) is 8.57. The van der Waals surface area contributed by atoms with Crippen molar-refractivity contribution in [1.29, 1.82) is 0 Å². The maximum Gasteiger partial charge on any atom is 0.321 e. The van der Waals surface area contributed by atoms with Crippen molar-refractivity contribution in [3.63, 3.8) is 0 Å². The Hall–Kier alpha value is -2.73. The van der Waals surface area contributed by atoms with Crippen LogP contribution in [0.25, 0.3) is 11.1 Å². The summed E-state index contributed by atoms with van der Waals surface area (Å²) in [7, 11) is 0. The summed E-state index contributed by atoms with van der Waals surface area (Å²) in [6, 6.07) is 9.50. The number of rotatable bonds is 9. The Morgan fingerprint density at radius 2 is 1.65 bits per heavy atom. The molecule has 0 bridgehead atoms. The van der Waals surface area contributed by atoms with Gasteiger partial charge in [-0.25, -0.2) is 0 Å². The zero-order valence-electron chi connectivity index (χ0n) is 14.9. The first-order chi connectivity index (χ1) is 12.4. The summed E-state index contributed by atoms with van der Waals surface area (Å²) in [5, 5.41) is 21.6. The highest BCUT2D eigenvalue weighted by molar-refractivity contribution is 5.77. The fourth-order valence-electron chi connectivity index (χ4n) is 2.77. The highest BCUT2D eigenvalue weighted by Crippen LogP contribution is 2.19. The van der Waals surface area contributed by atoms with Gasteiger partial charge in [-0.2, -0.15) is 0 Å². The van der Waals surface area contributed by atoms with Crippen LogP contribution in [0.3, 0.4) is 0 Å². The molecule has 26 heavy (non-hydrogen) atoms. The summed E-state index contributed by atoms with van der Waals surface area (Å²) in [6.45, 7) is 3.81. The first-order valence-corrected chi connectivity index (χ1v) is 8.57. The van der Waals surface area contributed by atoms with Crippen molar-refractivity contribution < 1.29 is 19.8 Å². The monoisotopic (exact) mass is 356 g/mol. The molecule has 3 N–H and O–H groups in total. The Morgan fingerprint density at radius 3 is 2.15 bits per heavy atom. The Kier molecular flexibility index (Phi) is 6.86. The van der Waals surface area contributed by atoms with Gasteiger partial charge in [0, 0.05) is 12.4 Å². The molecule has 0 aliphatic heterocycles. The summed E-state index contributed by atoms with van der Waals surface area (Å²) < 4.78 is 0. The van der Waals surface area contributed by atoms with E-state index in [0.717, 1.165) is 16.7 Å². The predicted octanol–water partition coefficient (Wildman–Crippen LogP) is 2.83. The fourth-order valence-corrected chi connectivity index (χ4v) is 2.77. The minimum absolute atomic E-state index is 0.150. The molecule has 0 spiro atoms. The van der Waals surface area contributed by atoms with E-state index in [2.05, 4.69) is 10.3 Å². The number of carboxylic acid groups (broad SMARTS) is 2. The average Bonchev–Trinajstić information content (AvgIpc) is 2.61. The van der Waals surface area contributed by atoms with Crippen molar-refractivity contribution in [2.45, 2.75) is 38.8 Å². The van der Waals surface area contributed by atoms with Crippen molar-refractivity contribution in [1.82, 2.24) is 10.3 Å². The van der Waals surface area contributed by atoms with Gasteiger partial charge in [-0.3, -0.25) is 19.9 Å². The van der Waals surface area contributed by atoms with E-state index in [0.29, 0.717) is 6.42 Å². The van der Waals surface area contributed by atoms with Gasteiger partial charge >= 0.3 is 11.9 Å². The molecule has 1 heterocycles. The zero-order chi connectivity index (χ0) is 19.1. The lowest BCUT2D eigenvalue weighted by Crippen LogP contribution is -2.48. The molecule has 6 heteroatoms. The van der Waals surface area contributed by atoms with E-state index >= 15 is 0 Å². The molecule has 2 aromatic rings. The molecular formula is C20H24N2O4. The maximum atomic E-state index is 11.6. The van der Waals surface area contributed by atoms with Crippen LogP contribution in [0.1, 0.15) is 25.8 Å². The van der Waals surface area contributed by atoms with Crippen molar-refractivity contribution >= 4 is 11.9 Å². The lowest BCUT2D eigenvalue weighted by molar-refractivity contribution is -0.142. The van der Waals surface area contributed by atoms with Crippen LogP contribution in [-0.2, 0) is 16.0 Å². The van der Waals surface area contributed by atoms with E-state index in [4.69, 9.17) is 0 Å². The largest absolute Gasteiger partial charge is 0.480 e. The Bertz CT molecular complexity index is 729. The second kappa shape index (κ2) is 9.10. The van der Waals surface area contributed by atoms with Gasteiger partial charge in [0.15, 0.2) is 0 Å². The van der Waals surface area contributed by atoms with E-state index < -0.39 is 24.0 Å². The molecule has 0 aliphatic carbocycles.